The molecule has 5 heteroatoms. The van der Waals surface area contributed by atoms with E-state index in [0.717, 1.165) is 24.2 Å². The summed E-state index contributed by atoms with van der Waals surface area (Å²) in [5.41, 5.74) is 1.84. The van der Waals surface area contributed by atoms with E-state index in [1.165, 1.54) is 0 Å². The fourth-order valence-electron chi connectivity index (χ4n) is 1.35. The summed E-state index contributed by atoms with van der Waals surface area (Å²) in [4.78, 5) is 23.0. The third-order valence-electron chi connectivity index (χ3n) is 2.66. The van der Waals surface area contributed by atoms with Gasteiger partial charge in [-0.15, -0.1) is 0 Å². The highest BCUT2D eigenvalue weighted by Crippen LogP contribution is 2.08. The van der Waals surface area contributed by atoms with Crippen molar-refractivity contribution in [1.82, 2.24) is 16.0 Å². The molecular weight excluding hydrogens is 218 g/mol. The lowest BCUT2D eigenvalue weighted by Gasteiger charge is -2.21. The maximum Gasteiger partial charge on any atom is 0.247 e. The Morgan fingerprint density at radius 3 is 2.41 bits per heavy atom. The van der Waals surface area contributed by atoms with Gasteiger partial charge < -0.3 is 16.0 Å². The average molecular weight is 239 g/mol. The SMILES string of the molecule is CC(C(=O)NCC(=O)NCC(C)C)=C1CNC1. The van der Waals surface area contributed by atoms with Crippen LogP contribution in [0.2, 0.25) is 0 Å². The number of hydrogen-bond donors (Lipinski definition) is 3. The first-order valence-electron chi connectivity index (χ1n) is 5.95. The monoisotopic (exact) mass is 239 g/mol. The van der Waals surface area contributed by atoms with E-state index >= 15 is 0 Å². The second kappa shape index (κ2) is 6.39. The Morgan fingerprint density at radius 2 is 1.94 bits per heavy atom. The van der Waals surface area contributed by atoms with Crippen molar-refractivity contribution < 1.29 is 9.59 Å². The number of amides is 2. The number of carbonyl (C=O) groups excluding carboxylic acids is 2. The molecule has 0 aromatic rings. The first-order valence-corrected chi connectivity index (χ1v) is 5.95. The summed E-state index contributed by atoms with van der Waals surface area (Å²) in [5.74, 6) is 0.123. The quantitative estimate of drug-likeness (QED) is 0.582. The second-order valence-corrected chi connectivity index (χ2v) is 4.71. The zero-order valence-corrected chi connectivity index (χ0v) is 10.7. The smallest absolute Gasteiger partial charge is 0.247 e. The van der Waals surface area contributed by atoms with E-state index in [2.05, 4.69) is 16.0 Å². The van der Waals surface area contributed by atoms with Crippen molar-refractivity contribution in [2.75, 3.05) is 26.2 Å². The van der Waals surface area contributed by atoms with Crippen LogP contribution in [0.5, 0.6) is 0 Å². The molecule has 1 rings (SSSR count). The van der Waals surface area contributed by atoms with E-state index in [0.29, 0.717) is 12.5 Å². The van der Waals surface area contributed by atoms with Gasteiger partial charge in [-0.1, -0.05) is 13.8 Å². The van der Waals surface area contributed by atoms with Crippen LogP contribution in [0.25, 0.3) is 0 Å². The zero-order chi connectivity index (χ0) is 12.8. The summed E-state index contributed by atoms with van der Waals surface area (Å²) < 4.78 is 0. The van der Waals surface area contributed by atoms with Crippen LogP contribution in [-0.4, -0.2) is 38.0 Å². The lowest BCUT2D eigenvalue weighted by Crippen LogP contribution is -2.41. The summed E-state index contributed by atoms with van der Waals surface area (Å²) >= 11 is 0. The van der Waals surface area contributed by atoms with Crippen molar-refractivity contribution in [3.8, 4) is 0 Å². The topological polar surface area (TPSA) is 70.2 Å². The van der Waals surface area contributed by atoms with Crippen molar-refractivity contribution in [1.29, 1.82) is 0 Å². The van der Waals surface area contributed by atoms with Gasteiger partial charge in [0.1, 0.15) is 0 Å². The number of nitrogens with one attached hydrogen (secondary N) is 3. The van der Waals surface area contributed by atoms with Gasteiger partial charge in [-0.05, 0) is 18.4 Å². The van der Waals surface area contributed by atoms with Crippen LogP contribution in [0, 0.1) is 5.92 Å². The molecule has 1 saturated heterocycles. The molecule has 1 aliphatic rings. The molecule has 96 valence electrons. The third kappa shape index (κ3) is 4.56. The Morgan fingerprint density at radius 1 is 1.29 bits per heavy atom. The van der Waals surface area contributed by atoms with E-state index in [9.17, 15) is 9.59 Å². The number of hydrogen-bond acceptors (Lipinski definition) is 3. The normalized spacial score (nSPS) is 14.2. The lowest BCUT2D eigenvalue weighted by molar-refractivity contribution is -0.124. The van der Waals surface area contributed by atoms with Crippen molar-refractivity contribution in [2.45, 2.75) is 20.8 Å². The van der Waals surface area contributed by atoms with E-state index in [1.54, 1.807) is 6.92 Å². The van der Waals surface area contributed by atoms with Crippen LogP contribution in [0.1, 0.15) is 20.8 Å². The number of carbonyl (C=O) groups is 2. The maximum absolute atomic E-state index is 11.6. The summed E-state index contributed by atoms with van der Waals surface area (Å²) in [6.45, 7) is 8.07. The molecule has 3 N–H and O–H groups in total. The molecule has 1 aliphatic heterocycles. The standard InChI is InChI=1S/C12H21N3O2/c1-8(2)4-14-11(16)7-15-12(17)9(3)10-5-13-6-10/h8,13H,4-7H2,1-3H3,(H,14,16)(H,15,17). The summed E-state index contributed by atoms with van der Waals surface area (Å²) in [7, 11) is 0. The molecule has 2 amide bonds. The van der Waals surface area contributed by atoms with Gasteiger partial charge in [-0.2, -0.15) is 0 Å². The zero-order valence-electron chi connectivity index (χ0n) is 10.7. The van der Waals surface area contributed by atoms with Gasteiger partial charge >= 0.3 is 0 Å². The summed E-state index contributed by atoms with van der Waals surface area (Å²) in [6.07, 6.45) is 0. The van der Waals surface area contributed by atoms with Gasteiger partial charge in [0.25, 0.3) is 0 Å². The number of rotatable bonds is 5. The molecule has 0 aromatic heterocycles. The third-order valence-corrected chi connectivity index (χ3v) is 2.66. The molecule has 17 heavy (non-hydrogen) atoms. The minimum atomic E-state index is -0.152. The van der Waals surface area contributed by atoms with E-state index in [4.69, 9.17) is 0 Å². The average Bonchev–Trinajstić information content (AvgIpc) is 2.20. The predicted octanol–water partition coefficient (Wildman–Crippen LogP) is -0.205. The fraction of sp³-hybridized carbons (Fsp3) is 0.667. The molecule has 0 spiro atoms. The first kappa shape index (κ1) is 13.7. The Hall–Kier alpha value is -1.36. The first-order chi connectivity index (χ1) is 8.00. The molecule has 1 heterocycles. The summed E-state index contributed by atoms with van der Waals surface area (Å²) in [5, 5.41) is 8.45. The Labute approximate surface area is 102 Å². The molecule has 0 atom stereocenters. The molecule has 0 bridgehead atoms. The Balaban J connectivity index is 2.26. The van der Waals surface area contributed by atoms with Crippen molar-refractivity contribution in [2.24, 2.45) is 5.92 Å². The summed E-state index contributed by atoms with van der Waals surface area (Å²) in [6, 6.07) is 0. The van der Waals surface area contributed by atoms with Crippen molar-refractivity contribution in [3.05, 3.63) is 11.1 Å². The second-order valence-electron chi connectivity index (χ2n) is 4.71. The van der Waals surface area contributed by atoms with Gasteiger partial charge in [0.05, 0.1) is 6.54 Å². The van der Waals surface area contributed by atoms with Crippen LogP contribution in [-0.2, 0) is 9.59 Å². The van der Waals surface area contributed by atoms with E-state index in [1.807, 2.05) is 13.8 Å². The highest BCUT2D eigenvalue weighted by Gasteiger charge is 2.16. The predicted molar refractivity (Wildman–Crippen MR) is 66.4 cm³/mol. The molecule has 0 unspecified atom stereocenters. The highest BCUT2D eigenvalue weighted by atomic mass is 16.2. The molecule has 1 fully saturated rings. The van der Waals surface area contributed by atoms with Crippen LogP contribution in [0.4, 0.5) is 0 Å². The Kier molecular flexibility index (Phi) is 5.15. The lowest BCUT2D eigenvalue weighted by atomic mass is 10.0. The molecule has 0 saturated carbocycles. The molecule has 0 radical (unpaired) electrons. The van der Waals surface area contributed by atoms with E-state index < -0.39 is 0 Å². The molecule has 5 nitrogen and oxygen atoms in total. The fourth-order valence-corrected chi connectivity index (χ4v) is 1.35. The van der Waals surface area contributed by atoms with E-state index in [-0.39, 0.29) is 18.4 Å². The van der Waals surface area contributed by atoms with Crippen LogP contribution < -0.4 is 16.0 Å². The minimum Gasteiger partial charge on any atom is -0.354 e. The molecule has 0 aromatic carbocycles. The van der Waals surface area contributed by atoms with Crippen molar-refractivity contribution in [3.63, 3.8) is 0 Å². The highest BCUT2D eigenvalue weighted by molar-refractivity contribution is 5.96. The van der Waals surface area contributed by atoms with Gasteiger partial charge in [0.2, 0.25) is 11.8 Å². The van der Waals surface area contributed by atoms with Gasteiger partial charge in [-0.25, -0.2) is 0 Å². The van der Waals surface area contributed by atoms with Crippen LogP contribution in [0.15, 0.2) is 11.1 Å². The molecule has 0 aliphatic carbocycles. The van der Waals surface area contributed by atoms with Gasteiger partial charge in [0.15, 0.2) is 0 Å². The maximum atomic E-state index is 11.6. The minimum absolute atomic E-state index is 0.0452. The van der Waals surface area contributed by atoms with Crippen LogP contribution >= 0.6 is 0 Å². The Bertz CT molecular complexity index is 329. The van der Waals surface area contributed by atoms with Crippen molar-refractivity contribution >= 4 is 11.8 Å². The van der Waals surface area contributed by atoms with Crippen LogP contribution in [0.3, 0.4) is 0 Å². The van der Waals surface area contributed by atoms with Gasteiger partial charge in [-0.3, -0.25) is 9.59 Å². The molecular formula is C12H21N3O2. The largest absolute Gasteiger partial charge is 0.354 e. The van der Waals surface area contributed by atoms with Gasteiger partial charge in [0, 0.05) is 25.2 Å².